The third-order valence-corrected chi connectivity index (χ3v) is 4.72. The maximum atomic E-state index is 12.9. The number of carbonyl (C=O) groups is 5. The molecule has 0 saturated heterocycles. The molecule has 184 valence electrons. The first-order valence-electron chi connectivity index (χ1n) is 10.2. The molecule has 1 aromatic heterocycles. The van der Waals surface area contributed by atoms with Crippen molar-refractivity contribution in [2.45, 2.75) is 63.9 Å². The molecule has 1 aromatic rings. The van der Waals surface area contributed by atoms with Crippen LogP contribution in [0.25, 0.3) is 0 Å². The zero-order valence-corrected chi connectivity index (χ0v) is 18.6. The summed E-state index contributed by atoms with van der Waals surface area (Å²) in [5, 5.41) is 26.0. The van der Waals surface area contributed by atoms with Crippen molar-refractivity contribution in [2.75, 3.05) is 0 Å². The van der Waals surface area contributed by atoms with Gasteiger partial charge in [-0.3, -0.25) is 19.2 Å². The van der Waals surface area contributed by atoms with Crippen LogP contribution in [0.15, 0.2) is 12.5 Å². The Morgan fingerprint density at radius 3 is 2.09 bits per heavy atom. The molecule has 1 heterocycles. The first-order chi connectivity index (χ1) is 15.3. The van der Waals surface area contributed by atoms with Crippen LogP contribution in [0.2, 0.25) is 0 Å². The van der Waals surface area contributed by atoms with Crippen molar-refractivity contribution in [2.24, 2.45) is 17.4 Å². The number of aromatic nitrogens is 2. The van der Waals surface area contributed by atoms with Gasteiger partial charge in [0.15, 0.2) is 0 Å². The number of carboxylic acids is 1. The minimum atomic E-state index is -1.65. The van der Waals surface area contributed by atoms with Gasteiger partial charge in [-0.15, -0.1) is 0 Å². The highest BCUT2D eigenvalue weighted by Crippen LogP contribution is 2.05. The van der Waals surface area contributed by atoms with Gasteiger partial charge in [0.25, 0.3) is 0 Å². The minimum Gasteiger partial charge on any atom is -0.480 e. The molecule has 14 nitrogen and oxygen atoms in total. The van der Waals surface area contributed by atoms with E-state index in [9.17, 15) is 29.1 Å². The maximum Gasteiger partial charge on any atom is 0.326 e. The van der Waals surface area contributed by atoms with Gasteiger partial charge in [-0.25, -0.2) is 9.78 Å². The van der Waals surface area contributed by atoms with Gasteiger partial charge in [-0.05, 0) is 12.8 Å². The van der Waals surface area contributed by atoms with Gasteiger partial charge in [-0.2, -0.15) is 0 Å². The summed E-state index contributed by atoms with van der Waals surface area (Å²) in [5.74, 6) is -5.20. The number of imidazole rings is 1. The Kier molecular flexibility index (Phi) is 10.4. The highest BCUT2D eigenvalue weighted by atomic mass is 16.4. The summed E-state index contributed by atoms with van der Waals surface area (Å²) in [4.78, 5) is 66.9. The lowest BCUT2D eigenvalue weighted by Crippen LogP contribution is -2.60. The summed E-state index contributed by atoms with van der Waals surface area (Å²) in [6.07, 6.45) is 0.652. The fraction of sp³-hybridized carbons (Fsp3) is 0.579. The molecule has 5 unspecified atom stereocenters. The molecule has 0 aliphatic rings. The highest BCUT2D eigenvalue weighted by molar-refractivity contribution is 5.95. The number of rotatable bonds is 13. The Morgan fingerprint density at radius 1 is 1.03 bits per heavy atom. The molecule has 0 saturated carbocycles. The molecule has 0 radical (unpaired) electrons. The molecule has 0 aromatic carbocycles. The number of aliphatic hydroxyl groups is 1. The molecule has 0 spiro atoms. The minimum absolute atomic E-state index is 0.0318. The van der Waals surface area contributed by atoms with Gasteiger partial charge in [0.2, 0.25) is 23.6 Å². The zero-order valence-electron chi connectivity index (χ0n) is 18.6. The van der Waals surface area contributed by atoms with Gasteiger partial charge in [0, 0.05) is 18.3 Å². The Hall–Kier alpha value is -3.52. The Morgan fingerprint density at radius 2 is 1.64 bits per heavy atom. The lowest BCUT2D eigenvalue weighted by Gasteiger charge is -2.26. The van der Waals surface area contributed by atoms with Crippen molar-refractivity contribution < 1.29 is 34.2 Å². The van der Waals surface area contributed by atoms with E-state index in [2.05, 4.69) is 25.9 Å². The molecule has 10 N–H and O–H groups in total. The van der Waals surface area contributed by atoms with E-state index in [1.54, 1.807) is 13.8 Å². The van der Waals surface area contributed by atoms with E-state index in [1.807, 2.05) is 0 Å². The van der Waals surface area contributed by atoms with Crippen molar-refractivity contribution >= 4 is 29.6 Å². The van der Waals surface area contributed by atoms with Crippen LogP contribution in [0.5, 0.6) is 0 Å². The number of carbonyl (C=O) groups excluding carboxylic acids is 4. The van der Waals surface area contributed by atoms with Crippen LogP contribution >= 0.6 is 0 Å². The van der Waals surface area contributed by atoms with E-state index in [0.717, 1.165) is 0 Å². The van der Waals surface area contributed by atoms with E-state index < -0.39 is 66.3 Å². The van der Waals surface area contributed by atoms with Gasteiger partial charge >= 0.3 is 5.97 Å². The molecule has 0 fully saturated rings. The summed E-state index contributed by atoms with van der Waals surface area (Å²) in [7, 11) is 0. The fourth-order valence-corrected chi connectivity index (χ4v) is 2.72. The van der Waals surface area contributed by atoms with Crippen LogP contribution in [0, 0.1) is 5.92 Å². The quantitative estimate of drug-likeness (QED) is 0.144. The van der Waals surface area contributed by atoms with Crippen LogP contribution in [-0.2, 0) is 30.4 Å². The standard InChI is InChI=1S/C19H31N7O7/c1-8(2)14(21)17(30)24-11(4-10-6-22-7-23-10)16(29)26-15(9(3)27)18(31)25-12(19(32)33)5-13(20)28/h6-9,11-12,14-15,27H,4-5,21H2,1-3H3,(H2,20,28)(H,22,23)(H,24,30)(H,25,31)(H,26,29)(H,32,33). The number of nitrogens with zero attached hydrogens (tertiary/aromatic N) is 1. The lowest BCUT2D eigenvalue weighted by atomic mass is 10.0. The van der Waals surface area contributed by atoms with Gasteiger partial charge in [-0.1, -0.05) is 13.8 Å². The predicted molar refractivity (Wildman–Crippen MR) is 114 cm³/mol. The second-order valence-electron chi connectivity index (χ2n) is 7.91. The van der Waals surface area contributed by atoms with Crippen LogP contribution in [0.4, 0.5) is 0 Å². The number of hydrogen-bond donors (Lipinski definition) is 8. The van der Waals surface area contributed by atoms with Crippen molar-refractivity contribution in [3.05, 3.63) is 18.2 Å². The van der Waals surface area contributed by atoms with Crippen LogP contribution in [-0.4, -0.2) is 80.1 Å². The number of aliphatic carboxylic acids is 1. The number of carboxylic acid groups (broad SMARTS) is 1. The van der Waals surface area contributed by atoms with Crippen molar-refractivity contribution in [1.82, 2.24) is 25.9 Å². The van der Waals surface area contributed by atoms with Crippen molar-refractivity contribution in [3.8, 4) is 0 Å². The van der Waals surface area contributed by atoms with E-state index in [-0.39, 0.29) is 12.3 Å². The molecule has 5 atom stereocenters. The largest absolute Gasteiger partial charge is 0.480 e. The van der Waals surface area contributed by atoms with Gasteiger partial charge in [0.05, 0.1) is 24.9 Å². The second-order valence-corrected chi connectivity index (χ2v) is 7.91. The Bertz CT molecular complexity index is 842. The predicted octanol–water partition coefficient (Wildman–Crippen LogP) is -3.27. The normalized spacial score (nSPS) is 15.6. The van der Waals surface area contributed by atoms with Gasteiger partial charge in [0.1, 0.15) is 18.1 Å². The first kappa shape index (κ1) is 27.5. The molecule has 0 aliphatic carbocycles. The number of aromatic amines is 1. The summed E-state index contributed by atoms with van der Waals surface area (Å²) in [5.41, 5.74) is 11.3. The zero-order chi connectivity index (χ0) is 25.3. The summed E-state index contributed by atoms with van der Waals surface area (Å²) < 4.78 is 0. The molecule has 33 heavy (non-hydrogen) atoms. The Labute approximate surface area is 189 Å². The third-order valence-electron chi connectivity index (χ3n) is 4.72. The Balaban J connectivity index is 3.03. The lowest BCUT2D eigenvalue weighted by molar-refractivity contribution is -0.144. The number of aliphatic hydroxyl groups excluding tert-OH is 1. The van der Waals surface area contributed by atoms with E-state index in [4.69, 9.17) is 16.6 Å². The third kappa shape index (κ3) is 8.86. The molecule has 4 amide bonds. The highest BCUT2D eigenvalue weighted by Gasteiger charge is 2.33. The molecular formula is C19H31N7O7. The monoisotopic (exact) mass is 469 g/mol. The number of primary amides is 1. The molecular weight excluding hydrogens is 438 g/mol. The van der Waals surface area contributed by atoms with E-state index in [1.165, 1.54) is 19.4 Å². The SMILES string of the molecule is CC(C)C(N)C(=O)NC(Cc1cnc[nH]1)C(=O)NC(C(=O)NC(CC(N)=O)C(=O)O)C(C)O. The average Bonchev–Trinajstić information content (AvgIpc) is 3.22. The molecule has 0 aliphatic heterocycles. The van der Waals surface area contributed by atoms with Gasteiger partial charge < -0.3 is 42.6 Å². The topological polar surface area (TPSA) is 243 Å². The molecule has 1 rings (SSSR count). The second kappa shape index (κ2) is 12.5. The molecule has 0 bridgehead atoms. The number of nitrogens with one attached hydrogen (secondary N) is 4. The number of amides is 4. The van der Waals surface area contributed by atoms with Crippen LogP contribution in [0.3, 0.4) is 0 Å². The number of H-pyrrole nitrogens is 1. The summed E-state index contributed by atoms with van der Waals surface area (Å²) >= 11 is 0. The summed E-state index contributed by atoms with van der Waals surface area (Å²) in [6, 6.07) is -5.34. The maximum absolute atomic E-state index is 12.9. The smallest absolute Gasteiger partial charge is 0.326 e. The average molecular weight is 469 g/mol. The fourth-order valence-electron chi connectivity index (χ4n) is 2.72. The van der Waals surface area contributed by atoms with Crippen LogP contribution in [0.1, 0.15) is 32.9 Å². The first-order valence-corrected chi connectivity index (χ1v) is 10.2. The molecule has 14 heteroatoms. The number of nitrogens with two attached hydrogens (primary N) is 2. The van der Waals surface area contributed by atoms with Crippen molar-refractivity contribution in [1.29, 1.82) is 0 Å². The van der Waals surface area contributed by atoms with E-state index >= 15 is 0 Å². The van der Waals surface area contributed by atoms with Crippen molar-refractivity contribution in [3.63, 3.8) is 0 Å². The van der Waals surface area contributed by atoms with E-state index in [0.29, 0.717) is 5.69 Å². The van der Waals surface area contributed by atoms with Crippen LogP contribution < -0.4 is 27.4 Å². The summed E-state index contributed by atoms with van der Waals surface area (Å²) in [6.45, 7) is 4.66. The number of hydrogen-bond acceptors (Lipinski definition) is 8.